The molecule has 0 radical (unpaired) electrons. The molecule has 3 rings (SSSR count). The summed E-state index contributed by atoms with van der Waals surface area (Å²) in [7, 11) is 0. The first kappa shape index (κ1) is 19.5. The minimum absolute atomic E-state index is 0.0128. The average molecular weight is 383 g/mol. The Morgan fingerprint density at radius 2 is 2.00 bits per heavy atom. The number of aryl methyl sites for hydroxylation is 1. The molecule has 1 saturated heterocycles. The fourth-order valence-electron chi connectivity index (χ4n) is 3.04. The summed E-state index contributed by atoms with van der Waals surface area (Å²) in [4.78, 5) is 35.6. The normalized spacial score (nSPS) is 15.8. The highest BCUT2D eigenvalue weighted by atomic mass is 16.6. The Morgan fingerprint density at radius 3 is 2.71 bits per heavy atom. The number of nitro benzene ring substituents is 1. The molecule has 1 unspecified atom stereocenters. The zero-order valence-electron chi connectivity index (χ0n) is 15.4. The summed E-state index contributed by atoms with van der Waals surface area (Å²) in [5, 5.41) is 16.6. The van der Waals surface area contributed by atoms with Crippen LogP contribution in [-0.4, -0.2) is 36.0 Å². The van der Waals surface area contributed by atoms with Crippen LogP contribution in [0.2, 0.25) is 0 Å². The predicted octanol–water partition coefficient (Wildman–Crippen LogP) is 3.06. The number of hydrogen-bond acceptors (Lipinski definition) is 5. The number of carbonyl (C=O) groups is 2. The number of rotatable bonds is 6. The quantitative estimate of drug-likeness (QED) is 0.588. The van der Waals surface area contributed by atoms with E-state index in [0.29, 0.717) is 30.0 Å². The number of anilines is 1. The molecule has 1 atom stereocenters. The highest BCUT2D eigenvalue weighted by Crippen LogP contribution is 2.21. The summed E-state index contributed by atoms with van der Waals surface area (Å²) in [5.74, 6) is -0.844. The zero-order valence-corrected chi connectivity index (χ0v) is 15.4. The van der Waals surface area contributed by atoms with E-state index >= 15 is 0 Å². The van der Waals surface area contributed by atoms with E-state index in [1.165, 1.54) is 18.2 Å². The maximum atomic E-state index is 12.6. The van der Waals surface area contributed by atoms with Gasteiger partial charge in [-0.05, 0) is 38.0 Å². The molecule has 1 heterocycles. The Labute approximate surface area is 162 Å². The van der Waals surface area contributed by atoms with Crippen LogP contribution in [0.5, 0.6) is 0 Å². The molecule has 1 fully saturated rings. The van der Waals surface area contributed by atoms with Crippen LogP contribution in [0.25, 0.3) is 0 Å². The van der Waals surface area contributed by atoms with E-state index in [0.717, 1.165) is 12.8 Å². The number of para-hydroxylation sites is 1. The maximum Gasteiger partial charge on any atom is 0.273 e. The lowest BCUT2D eigenvalue weighted by Crippen LogP contribution is -2.32. The van der Waals surface area contributed by atoms with Crippen molar-refractivity contribution in [3.63, 3.8) is 0 Å². The minimum atomic E-state index is -0.529. The van der Waals surface area contributed by atoms with Crippen LogP contribution in [0, 0.1) is 17.0 Å². The minimum Gasteiger partial charge on any atom is -0.376 e. The van der Waals surface area contributed by atoms with Crippen molar-refractivity contribution in [2.45, 2.75) is 25.9 Å². The molecule has 2 aromatic rings. The molecular formula is C20H21N3O5. The number of amides is 2. The molecule has 1 aliphatic rings. The lowest BCUT2D eigenvalue weighted by Gasteiger charge is -2.14. The molecule has 2 amide bonds. The van der Waals surface area contributed by atoms with Crippen LogP contribution < -0.4 is 10.6 Å². The first-order valence-electron chi connectivity index (χ1n) is 9.01. The van der Waals surface area contributed by atoms with E-state index < -0.39 is 10.8 Å². The van der Waals surface area contributed by atoms with Gasteiger partial charge in [-0.25, -0.2) is 0 Å². The monoisotopic (exact) mass is 383 g/mol. The lowest BCUT2D eigenvalue weighted by molar-refractivity contribution is -0.385. The fraction of sp³-hybridized carbons (Fsp3) is 0.300. The molecule has 0 aromatic heterocycles. The van der Waals surface area contributed by atoms with Gasteiger partial charge in [0.25, 0.3) is 17.5 Å². The molecule has 2 aromatic carbocycles. The van der Waals surface area contributed by atoms with Gasteiger partial charge in [0, 0.05) is 30.3 Å². The molecule has 28 heavy (non-hydrogen) atoms. The molecule has 0 saturated carbocycles. The van der Waals surface area contributed by atoms with E-state index in [1.807, 2.05) is 0 Å². The number of nitrogens with one attached hydrogen (secondary N) is 2. The van der Waals surface area contributed by atoms with Gasteiger partial charge < -0.3 is 15.4 Å². The summed E-state index contributed by atoms with van der Waals surface area (Å²) in [6, 6.07) is 10.9. The van der Waals surface area contributed by atoms with Crippen LogP contribution in [0.4, 0.5) is 11.4 Å². The number of nitrogens with zero attached hydrogens (tertiary/aromatic N) is 1. The van der Waals surface area contributed by atoms with Gasteiger partial charge in [0.2, 0.25) is 0 Å². The molecule has 8 nitrogen and oxygen atoms in total. The number of hydrogen-bond donors (Lipinski definition) is 2. The van der Waals surface area contributed by atoms with Crippen molar-refractivity contribution in [2.24, 2.45) is 0 Å². The highest BCUT2D eigenvalue weighted by molar-refractivity contribution is 6.09. The Kier molecular flexibility index (Phi) is 6.00. The van der Waals surface area contributed by atoms with Gasteiger partial charge in [0.1, 0.15) is 0 Å². The van der Waals surface area contributed by atoms with Gasteiger partial charge in [0.05, 0.1) is 22.3 Å². The van der Waals surface area contributed by atoms with Crippen LogP contribution >= 0.6 is 0 Å². The highest BCUT2D eigenvalue weighted by Gasteiger charge is 2.20. The second kappa shape index (κ2) is 8.62. The fourth-order valence-corrected chi connectivity index (χ4v) is 3.04. The Bertz CT molecular complexity index is 906. The van der Waals surface area contributed by atoms with Gasteiger partial charge in [-0.3, -0.25) is 19.7 Å². The van der Waals surface area contributed by atoms with Gasteiger partial charge in [0.15, 0.2) is 0 Å². The van der Waals surface area contributed by atoms with Crippen molar-refractivity contribution >= 4 is 23.2 Å². The standard InChI is InChI=1S/C20H21N3O5/c1-13-8-9-14(11-18(13)23(26)27)19(24)22-17-7-3-2-6-16(17)20(25)21-12-15-5-4-10-28-15/h2-3,6-9,11,15H,4-5,10,12H2,1H3,(H,21,25)(H,22,24). The smallest absolute Gasteiger partial charge is 0.273 e. The van der Waals surface area contributed by atoms with E-state index in [-0.39, 0.29) is 23.3 Å². The number of carbonyl (C=O) groups excluding carboxylic acids is 2. The van der Waals surface area contributed by atoms with E-state index in [1.54, 1.807) is 31.2 Å². The molecule has 0 spiro atoms. The van der Waals surface area contributed by atoms with Crippen molar-refractivity contribution in [3.05, 3.63) is 69.3 Å². The van der Waals surface area contributed by atoms with Crippen molar-refractivity contribution in [2.75, 3.05) is 18.5 Å². The topological polar surface area (TPSA) is 111 Å². The van der Waals surface area contributed by atoms with Crippen molar-refractivity contribution in [1.29, 1.82) is 0 Å². The Morgan fingerprint density at radius 1 is 1.21 bits per heavy atom. The molecule has 0 aliphatic carbocycles. The Balaban J connectivity index is 1.73. The summed E-state index contributed by atoms with van der Waals surface area (Å²) in [6.45, 7) is 2.72. The maximum absolute atomic E-state index is 12.6. The first-order valence-corrected chi connectivity index (χ1v) is 9.01. The second-order valence-corrected chi connectivity index (χ2v) is 6.60. The molecule has 1 aliphatic heterocycles. The van der Waals surface area contributed by atoms with Crippen LogP contribution in [0.1, 0.15) is 39.1 Å². The summed E-state index contributed by atoms with van der Waals surface area (Å²) in [6.07, 6.45) is 1.90. The van der Waals surface area contributed by atoms with Crippen molar-refractivity contribution < 1.29 is 19.2 Å². The molecule has 8 heteroatoms. The molecule has 0 bridgehead atoms. The first-order chi connectivity index (χ1) is 13.5. The van der Waals surface area contributed by atoms with Crippen LogP contribution in [-0.2, 0) is 4.74 Å². The van der Waals surface area contributed by atoms with Crippen molar-refractivity contribution in [3.8, 4) is 0 Å². The number of nitro groups is 1. The average Bonchev–Trinajstić information content (AvgIpc) is 3.20. The SMILES string of the molecule is Cc1ccc(C(=O)Nc2ccccc2C(=O)NCC2CCCO2)cc1[N+](=O)[O-]. The largest absolute Gasteiger partial charge is 0.376 e. The zero-order chi connectivity index (χ0) is 20.1. The van der Waals surface area contributed by atoms with E-state index in [4.69, 9.17) is 4.74 Å². The number of benzene rings is 2. The molecular weight excluding hydrogens is 362 g/mol. The van der Waals surface area contributed by atoms with Gasteiger partial charge in [-0.15, -0.1) is 0 Å². The van der Waals surface area contributed by atoms with Gasteiger partial charge in [-0.1, -0.05) is 18.2 Å². The van der Waals surface area contributed by atoms with E-state index in [9.17, 15) is 19.7 Å². The lowest BCUT2D eigenvalue weighted by atomic mass is 10.1. The number of ether oxygens (including phenoxy) is 1. The third-order valence-electron chi connectivity index (χ3n) is 4.60. The van der Waals surface area contributed by atoms with Gasteiger partial charge >= 0.3 is 0 Å². The van der Waals surface area contributed by atoms with Crippen molar-refractivity contribution in [1.82, 2.24) is 5.32 Å². The second-order valence-electron chi connectivity index (χ2n) is 6.60. The summed E-state index contributed by atoms with van der Waals surface area (Å²) >= 11 is 0. The Hall–Kier alpha value is -3.26. The summed E-state index contributed by atoms with van der Waals surface area (Å²) < 4.78 is 5.49. The van der Waals surface area contributed by atoms with Crippen LogP contribution in [0.3, 0.4) is 0 Å². The summed E-state index contributed by atoms with van der Waals surface area (Å²) in [5.41, 5.74) is 1.13. The molecule has 2 N–H and O–H groups in total. The predicted molar refractivity (Wildman–Crippen MR) is 104 cm³/mol. The van der Waals surface area contributed by atoms with Crippen LogP contribution in [0.15, 0.2) is 42.5 Å². The molecule has 146 valence electrons. The van der Waals surface area contributed by atoms with E-state index in [2.05, 4.69) is 10.6 Å². The third-order valence-corrected chi connectivity index (χ3v) is 4.60. The van der Waals surface area contributed by atoms with Gasteiger partial charge in [-0.2, -0.15) is 0 Å². The third kappa shape index (κ3) is 4.52.